The molecule has 1 N–H and O–H groups in total. The molecule has 0 bridgehead atoms. The van der Waals surface area contributed by atoms with E-state index < -0.39 is 5.91 Å². The topological polar surface area (TPSA) is 59.8 Å². The second-order valence-corrected chi connectivity index (χ2v) is 7.46. The van der Waals surface area contributed by atoms with Crippen LogP contribution in [-0.2, 0) is 6.54 Å². The smallest absolute Gasteiger partial charge is 0.277 e. The molecule has 3 rings (SSSR count). The minimum atomic E-state index is -0.579. The Bertz CT molecular complexity index is 992. The monoisotopic (exact) mass is 492 g/mol. The lowest BCUT2D eigenvalue weighted by molar-refractivity contribution is 0.102. The molecule has 1 aromatic carbocycles. The van der Waals surface area contributed by atoms with Gasteiger partial charge in [-0.05, 0) is 11.6 Å². The van der Waals surface area contributed by atoms with Crippen LogP contribution in [0.1, 0.15) is 16.1 Å². The maximum atomic E-state index is 12.6. The molecule has 0 radical (unpaired) electrons. The first kappa shape index (κ1) is 19.5. The Balaban J connectivity index is 1.86. The molecule has 0 aliphatic heterocycles. The standard InChI is InChI=1S/C16H9BrCl4N4O/c17-9-4-2-1-3-8(9)7-25-10(5-6-22-25)23-16(26)14-12(19)11(18)13(20)15(21)24-14/h1-6H,7H2,(H,23,26). The van der Waals surface area contributed by atoms with Gasteiger partial charge >= 0.3 is 0 Å². The maximum Gasteiger partial charge on any atom is 0.277 e. The number of hydrogen-bond acceptors (Lipinski definition) is 3. The largest absolute Gasteiger partial charge is 0.305 e. The molecule has 0 saturated heterocycles. The third-order valence-corrected chi connectivity index (χ3v) is 5.89. The lowest BCUT2D eigenvalue weighted by Gasteiger charge is -2.11. The van der Waals surface area contributed by atoms with E-state index >= 15 is 0 Å². The number of rotatable bonds is 4. The minimum Gasteiger partial charge on any atom is -0.305 e. The van der Waals surface area contributed by atoms with Crippen LogP contribution in [0.25, 0.3) is 0 Å². The highest BCUT2D eigenvalue weighted by molar-refractivity contribution is 9.10. The van der Waals surface area contributed by atoms with Crippen molar-refractivity contribution < 1.29 is 4.79 Å². The Morgan fingerprint density at radius 3 is 2.54 bits per heavy atom. The van der Waals surface area contributed by atoms with Gasteiger partial charge in [-0.1, -0.05) is 80.5 Å². The first-order valence-corrected chi connectivity index (χ1v) is 9.45. The van der Waals surface area contributed by atoms with Crippen LogP contribution in [0.3, 0.4) is 0 Å². The number of anilines is 1. The van der Waals surface area contributed by atoms with Crippen LogP contribution in [0.4, 0.5) is 5.82 Å². The predicted octanol–water partition coefficient (Wildman–Crippen LogP) is 5.95. The normalized spacial score (nSPS) is 10.8. The number of nitrogens with one attached hydrogen (secondary N) is 1. The molecule has 3 aromatic rings. The zero-order chi connectivity index (χ0) is 18.8. The predicted molar refractivity (Wildman–Crippen MR) is 108 cm³/mol. The molecule has 0 aliphatic carbocycles. The fraction of sp³-hybridized carbons (Fsp3) is 0.0625. The SMILES string of the molecule is O=C(Nc1ccnn1Cc1ccccc1Br)c1nc(Cl)c(Cl)c(Cl)c1Cl. The Morgan fingerprint density at radius 2 is 1.81 bits per heavy atom. The van der Waals surface area contributed by atoms with E-state index in [1.54, 1.807) is 16.9 Å². The van der Waals surface area contributed by atoms with Gasteiger partial charge in [-0.2, -0.15) is 5.10 Å². The van der Waals surface area contributed by atoms with E-state index in [-0.39, 0.29) is 25.9 Å². The molecule has 0 saturated carbocycles. The summed E-state index contributed by atoms with van der Waals surface area (Å²) in [6, 6.07) is 9.37. The van der Waals surface area contributed by atoms with E-state index in [1.807, 2.05) is 24.3 Å². The average Bonchev–Trinajstić information content (AvgIpc) is 3.05. The second kappa shape index (κ2) is 8.15. The number of aromatic nitrogens is 3. The van der Waals surface area contributed by atoms with Gasteiger partial charge in [0.15, 0.2) is 5.69 Å². The van der Waals surface area contributed by atoms with Crippen molar-refractivity contribution in [1.82, 2.24) is 14.8 Å². The molecule has 0 atom stereocenters. The van der Waals surface area contributed by atoms with Gasteiger partial charge in [0, 0.05) is 10.5 Å². The summed E-state index contributed by atoms with van der Waals surface area (Å²) in [5.74, 6) is -0.116. The molecule has 0 unspecified atom stereocenters. The summed E-state index contributed by atoms with van der Waals surface area (Å²) in [4.78, 5) is 16.5. The Hall–Kier alpha value is -1.31. The van der Waals surface area contributed by atoms with Gasteiger partial charge in [0.05, 0.1) is 27.8 Å². The van der Waals surface area contributed by atoms with E-state index in [0.29, 0.717) is 12.4 Å². The summed E-state index contributed by atoms with van der Waals surface area (Å²) in [5.41, 5.74) is 0.875. The minimum absolute atomic E-state index is 0.00569. The molecule has 134 valence electrons. The maximum absolute atomic E-state index is 12.6. The number of amides is 1. The Kier molecular flexibility index (Phi) is 6.10. The first-order chi connectivity index (χ1) is 12.4. The summed E-state index contributed by atoms with van der Waals surface area (Å²) in [6.45, 7) is 0.452. The van der Waals surface area contributed by atoms with Crippen LogP contribution in [0.15, 0.2) is 41.0 Å². The number of hydrogen-bond donors (Lipinski definition) is 1. The van der Waals surface area contributed by atoms with E-state index in [4.69, 9.17) is 46.4 Å². The highest BCUT2D eigenvalue weighted by atomic mass is 79.9. The quantitative estimate of drug-likeness (QED) is 0.455. The van der Waals surface area contributed by atoms with Crippen molar-refractivity contribution in [3.63, 3.8) is 0 Å². The zero-order valence-corrected chi connectivity index (χ0v) is 17.4. The second-order valence-electron chi connectivity index (χ2n) is 5.11. The van der Waals surface area contributed by atoms with Crippen molar-refractivity contribution in [2.24, 2.45) is 0 Å². The van der Waals surface area contributed by atoms with Gasteiger partial charge in [0.25, 0.3) is 5.91 Å². The van der Waals surface area contributed by atoms with Crippen LogP contribution >= 0.6 is 62.3 Å². The van der Waals surface area contributed by atoms with E-state index in [0.717, 1.165) is 10.0 Å². The van der Waals surface area contributed by atoms with Gasteiger partial charge in [-0.25, -0.2) is 9.67 Å². The van der Waals surface area contributed by atoms with Crippen molar-refractivity contribution >= 4 is 74.1 Å². The molecule has 10 heteroatoms. The molecule has 26 heavy (non-hydrogen) atoms. The number of halogens is 5. The lowest BCUT2D eigenvalue weighted by Crippen LogP contribution is -2.18. The van der Waals surface area contributed by atoms with E-state index in [2.05, 4.69) is 31.3 Å². The molecular weight excluding hydrogens is 486 g/mol. The van der Waals surface area contributed by atoms with Gasteiger partial charge < -0.3 is 5.32 Å². The highest BCUT2D eigenvalue weighted by Gasteiger charge is 2.21. The first-order valence-electron chi connectivity index (χ1n) is 7.15. The molecular formula is C16H9BrCl4N4O. The van der Waals surface area contributed by atoms with Crippen molar-refractivity contribution in [3.05, 3.63) is 72.5 Å². The zero-order valence-electron chi connectivity index (χ0n) is 12.8. The summed E-state index contributed by atoms with van der Waals surface area (Å²) >= 11 is 27.3. The highest BCUT2D eigenvalue weighted by Crippen LogP contribution is 2.36. The summed E-state index contributed by atoms with van der Waals surface area (Å²) in [6.07, 6.45) is 1.57. The van der Waals surface area contributed by atoms with Gasteiger partial charge in [-0.3, -0.25) is 4.79 Å². The third-order valence-electron chi connectivity index (χ3n) is 3.44. The molecule has 0 aliphatic rings. The van der Waals surface area contributed by atoms with Crippen LogP contribution in [-0.4, -0.2) is 20.7 Å². The van der Waals surface area contributed by atoms with Gasteiger partial charge in [0.1, 0.15) is 11.0 Å². The summed E-state index contributed by atoms with van der Waals surface area (Å²) < 4.78 is 2.57. The van der Waals surface area contributed by atoms with Crippen molar-refractivity contribution in [2.75, 3.05) is 5.32 Å². The van der Waals surface area contributed by atoms with Gasteiger partial charge in [-0.15, -0.1) is 0 Å². The molecule has 1 amide bonds. The molecule has 2 heterocycles. The van der Waals surface area contributed by atoms with Crippen LogP contribution in [0, 0.1) is 0 Å². The van der Waals surface area contributed by atoms with Crippen LogP contribution in [0.2, 0.25) is 20.2 Å². The Morgan fingerprint density at radius 1 is 1.08 bits per heavy atom. The van der Waals surface area contributed by atoms with Crippen molar-refractivity contribution in [1.29, 1.82) is 0 Å². The van der Waals surface area contributed by atoms with Crippen LogP contribution in [0.5, 0.6) is 0 Å². The number of carbonyl (C=O) groups is 1. The number of nitrogens with zero attached hydrogens (tertiary/aromatic N) is 3. The molecule has 0 fully saturated rings. The van der Waals surface area contributed by atoms with E-state index in [1.165, 1.54) is 0 Å². The Labute approximate surface area is 177 Å². The average molecular weight is 495 g/mol. The lowest BCUT2D eigenvalue weighted by atomic mass is 10.2. The summed E-state index contributed by atoms with van der Waals surface area (Å²) in [5, 5.41) is 6.71. The molecule has 0 spiro atoms. The van der Waals surface area contributed by atoms with Crippen LogP contribution < -0.4 is 5.32 Å². The van der Waals surface area contributed by atoms with E-state index in [9.17, 15) is 4.79 Å². The third kappa shape index (κ3) is 4.00. The number of benzene rings is 1. The number of carbonyl (C=O) groups excluding carboxylic acids is 1. The molecule has 2 aromatic heterocycles. The van der Waals surface area contributed by atoms with Crippen molar-refractivity contribution in [3.8, 4) is 0 Å². The fourth-order valence-electron chi connectivity index (χ4n) is 2.17. The van der Waals surface area contributed by atoms with Gasteiger partial charge in [0.2, 0.25) is 0 Å². The summed E-state index contributed by atoms with van der Waals surface area (Å²) in [7, 11) is 0. The number of pyridine rings is 1. The fourth-order valence-corrected chi connectivity index (χ4v) is 3.39. The van der Waals surface area contributed by atoms with Crippen molar-refractivity contribution in [2.45, 2.75) is 6.54 Å². The molecule has 5 nitrogen and oxygen atoms in total.